The Kier molecular flexibility index (Phi) is 41.1. The first-order chi connectivity index (χ1) is 26.8. The van der Waals surface area contributed by atoms with Crippen molar-refractivity contribution in [2.24, 2.45) is 0 Å². The van der Waals surface area contributed by atoms with Gasteiger partial charge in [0, 0.05) is 6.42 Å². The second kappa shape index (κ2) is 43.3. The standard InChI is InChI=1S/C52H103N2/c1-4-7-10-13-16-19-22-25-27-30-33-36-39-42-45-48-53-50-51-54(49-46-43-40-37-34-31-28-26-23-20-17-14-11-8-5-2)52(53)47-44-41-38-35-32-29-24-21-18-15-12-9-6-3/h50-51H,4-49H2,1-3H3/q+1. The topological polar surface area (TPSA) is 8.81 Å². The third-order valence-electron chi connectivity index (χ3n) is 12.6. The number of aryl methyl sites for hydroxylation is 2. The van der Waals surface area contributed by atoms with Crippen LogP contribution < -0.4 is 4.57 Å². The number of aromatic nitrogens is 2. The minimum Gasteiger partial charge on any atom is -0.234 e. The van der Waals surface area contributed by atoms with E-state index in [1.807, 2.05) is 0 Å². The molecule has 0 atom stereocenters. The summed E-state index contributed by atoms with van der Waals surface area (Å²) >= 11 is 0. The van der Waals surface area contributed by atoms with E-state index in [9.17, 15) is 0 Å². The lowest BCUT2D eigenvalue weighted by Gasteiger charge is -2.07. The predicted molar refractivity (Wildman–Crippen MR) is 244 cm³/mol. The van der Waals surface area contributed by atoms with Gasteiger partial charge < -0.3 is 0 Å². The summed E-state index contributed by atoms with van der Waals surface area (Å²) in [6, 6.07) is 0. The Bertz CT molecular complexity index is 775. The summed E-state index contributed by atoms with van der Waals surface area (Å²) in [5.74, 6) is 1.63. The van der Waals surface area contributed by atoms with Crippen molar-refractivity contribution in [2.75, 3.05) is 0 Å². The Morgan fingerprint density at radius 2 is 0.574 bits per heavy atom. The molecule has 0 aliphatic carbocycles. The zero-order valence-electron chi connectivity index (χ0n) is 38.1. The fourth-order valence-corrected chi connectivity index (χ4v) is 8.80. The van der Waals surface area contributed by atoms with Gasteiger partial charge in [0.15, 0.2) is 0 Å². The molecule has 0 radical (unpaired) electrons. The van der Waals surface area contributed by atoms with Crippen LogP contribution in [0.2, 0.25) is 0 Å². The first-order valence-corrected chi connectivity index (χ1v) is 25.9. The van der Waals surface area contributed by atoms with Crippen LogP contribution in [-0.4, -0.2) is 4.57 Å². The molecular formula is C52H103N2+. The Labute approximate surface area is 342 Å². The highest BCUT2D eigenvalue weighted by Gasteiger charge is 2.16. The molecule has 0 aliphatic heterocycles. The fourth-order valence-electron chi connectivity index (χ4n) is 8.80. The van der Waals surface area contributed by atoms with Gasteiger partial charge in [-0.1, -0.05) is 265 Å². The van der Waals surface area contributed by atoms with Crippen molar-refractivity contribution in [1.82, 2.24) is 4.57 Å². The molecule has 0 spiro atoms. The minimum absolute atomic E-state index is 1.23. The molecule has 2 heteroatoms. The van der Waals surface area contributed by atoms with Crippen molar-refractivity contribution >= 4 is 0 Å². The molecule has 0 aliphatic rings. The van der Waals surface area contributed by atoms with Crippen molar-refractivity contribution in [3.63, 3.8) is 0 Å². The molecule has 0 unspecified atom stereocenters. The van der Waals surface area contributed by atoms with Crippen molar-refractivity contribution in [3.8, 4) is 0 Å². The lowest BCUT2D eigenvalue weighted by molar-refractivity contribution is -0.704. The molecule has 0 saturated carbocycles. The Morgan fingerprint density at radius 3 is 0.889 bits per heavy atom. The minimum atomic E-state index is 1.23. The average molecular weight is 756 g/mol. The molecule has 0 fully saturated rings. The van der Waals surface area contributed by atoms with Gasteiger partial charge in [-0.3, -0.25) is 0 Å². The molecule has 320 valence electrons. The lowest BCUT2D eigenvalue weighted by Crippen LogP contribution is -2.37. The van der Waals surface area contributed by atoms with Crippen molar-refractivity contribution < 1.29 is 4.57 Å². The molecule has 1 aromatic rings. The second-order valence-electron chi connectivity index (χ2n) is 18.0. The smallest absolute Gasteiger partial charge is 0.234 e. The molecule has 0 saturated heterocycles. The van der Waals surface area contributed by atoms with E-state index in [1.54, 1.807) is 5.82 Å². The van der Waals surface area contributed by atoms with Crippen LogP contribution in [0, 0.1) is 0 Å². The van der Waals surface area contributed by atoms with E-state index in [0.29, 0.717) is 0 Å². The largest absolute Gasteiger partial charge is 0.256 e. The van der Waals surface area contributed by atoms with Gasteiger partial charge in [0.1, 0.15) is 12.4 Å². The Morgan fingerprint density at radius 1 is 0.315 bits per heavy atom. The fraction of sp³-hybridized carbons (Fsp3) is 0.942. The van der Waals surface area contributed by atoms with Gasteiger partial charge in [0.05, 0.1) is 13.1 Å². The van der Waals surface area contributed by atoms with E-state index in [2.05, 4.69) is 42.3 Å². The van der Waals surface area contributed by atoms with Crippen LogP contribution in [0.4, 0.5) is 0 Å². The van der Waals surface area contributed by atoms with Gasteiger partial charge in [-0.25, -0.2) is 9.13 Å². The van der Waals surface area contributed by atoms with Crippen LogP contribution in [0.5, 0.6) is 0 Å². The van der Waals surface area contributed by atoms with Gasteiger partial charge in [-0.15, -0.1) is 0 Å². The predicted octanol–water partition coefficient (Wildman–Crippen LogP) is 18.2. The summed E-state index contributed by atoms with van der Waals surface area (Å²) in [6.07, 6.45) is 68.3. The zero-order chi connectivity index (χ0) is 38.7. The summed E-state index contributed by atoms with van der Waals surface area (Å²) in [4.78, 5) is 0. The van der Waals surface area contributed by atoms with Gasteiger partial charge in [0.2, 0.25) is 0 Å². The molecule has 2 nitrogen and oxygen atoms in total. The first-order valence-electron chi connectivity index (χ1n) is 25.9. The molecule has 1 rings (SSSR count). The summed E-state index contributed by atoms with van der Waals surface area (Å²) in [7, 11) is 0. The molecule has 0 bridgehead atoms. The number of hydrogen-bond donors (Lipinski definition) is 0. The van der Waals surface area contributed by atoms with E-state index in [4.69, 9.17) is 0 Å². The number of rotatable bonds is 46. The van der Waals surface area contributed by atoms with Crippen LogP contribution in [-0.2, 0) is 19.5 Å². The number of imidazole rings is 1. The van der Waals surface area contributed by atoms with E-state index in [-0.39, 0.29) is 0 Å². The summed E-state index contributed by atoms with van der Waals surface area (Å²) in [6.45, 7) is 9.42. The highest BCUT2D eigenvalue weighted by Crippen LogP contribution is 2.17. The number of nitrogens with zero attached hydrogens (tertiary/aromatic N) is 2. The van der Waals surface area contributed by atoms with Crippen LogP contribution in [0.3, 0.4) is 0 Å². The maximum Gasteiger partial charge on any atom is 0.256 e. The Hall–Kier alpha value is -0.790. The molecule has 0 amide bonds. The van der Waals surface area contributed by atoms with Crippen molar-refractivity contribution in [2.45, 2.75) is 316 Å². The normalized spacial score (nSPS) is 11.7. The van der Waals surface area contributed by atoms with Crippen LogP contribution in [0.25, 0.3) is 0 Å². The van der Waals surface area contributed by atoms with Crippen LogP contribution in [0.15, 0.2) is 12.4 Å². The van der Waals surface area contributed by atoms with Crippen LogP contribution >= 0.6 is 0 Å². The number of unbranched alkanes of at least 4 members (excludes halogenated alkanes) is 40. The molecule has 1 aromatic heterocycles. The third-order valence-corrected chi connectivity index (χ3v) is 12.6. The zero-order valence-corrected chi connectivity index (χ0v) is 38.1. The maximum absolute atomic E-state index is 2.66. The number of hydrogen-bond acceptors (Lipinski definition) is 0. The highest BCUT2D eigenvalue weighted by atomic mass is 15.1. The molecule has 0 N–H and O–H groups in total. The van der Waals surface area contributed by atoms with Gasteiger partial charge in [-0.2, -0.15) is 0 Å². The highest BCUT2D eigenvalue weighted by molar-refractivity contribution is 4.84. The summed E-state index contributed by atoms with van der Waals surface area (Å²) in [5, 5.41) is 0. The van der Waals surface area contributed by atoms with E-state index >= 15 is 0 Å². The average Bonchev–Trinajstić information content (AvgIpc) is 3.57. The molecular weight excluding hydrogens is 653 g/mol. The first kappa shape index (κ1) is 51.2. The molecule has 54 heavy (non-hydrogen) atoms. The lowest BCUT2D eigenvalue weighted by atomic mass is 10.0. The Balaban J connectivity index is 2.25. The molecule has 1 heterocycles. The van der Waals surface area contributed by atoms with Gasteiger partial charge in [0.25, 0.3) is 5.82 Å². The summed E-state index contributed by atoms with van der Waals surface area (Å²) in [5.41, 5.74) is 0. The van der Waals surface area contributed by atoms with E-state index < -0.39 is 0 Å². The van der Waals surface area contributed by atoms with Gasteiger partial charge >= 0.3 is 0 Å². The maximum atomic E-state index is 2.66. The van der Waals surface area contributed by atoms with E-state index in [1.165, 1.54) is 296 Å². The monoisotopic (exact) mass is 756 g/mol. The second-order valence-corrected chi connectivity index (χ2v) is 18.0. The SMILES string of the molecule is CCCCCCCCCCCCCCCCCn1cc[n+](CCCCCCCCCCCCCCCCC)c1CCCCCCCCCCCCCCC. The quantitative estimate of drug-likeness (QED) is 0.0463. The molecule has 0 aromatic carbocycles. The third kappa shape index (κ3) is 34.5. The summed E-state index contributed by atoms with van der Waals surface area (Å²) < 4.78 is 5.32. The van der Waals surface area contributed by atoms with Crippen molar-refractivity contribution in [3.05, 3.63) is 18.2 Å². The van der Waals surface area contributed by atoms with Gasteiger partial charge in [-0.05, 0) is 32.1 Å². The van der Waals surface area contributed by atoms with E-state index in [0.717, 1.165) is 0 Å². The van der Waals surface area contributed by atoms with Crippen LogP contribution in [0.1, 0.15) is 303 Å². The van der Waals surface area contributed by atoms with Crippen molar-refractivity contribution in [1.29, 1.82) is 0 Å².